The van der Waals surface area contributed by atoms with E-state index in [0.717, 1.165) is 0 Å². The first-order valence-electron chi connectivity index (χ1n) is 2.62. The summed E-state index contributed by atoms with van der Waals surface area (Å²) in [7, 11) is 0. The molecular weight excluding hydrogens is 347 g/mol. The Morgan fingerprint density at radius 1 is 1.64 bits per heavy atom. The number of anilines is 1. The molecule has 0 spiro atoms. The molecular formula is C6H3BrClFIN. The molecule has 5 heteroatoms. The van der Waals surface area contributed by atoms with E-state index < -0.39 is 5.82 Å². The van der Waals surface area contributed by atoms with E-state index in [9.17, 15) is 4.39 Å². The summed E-state index contributed by atoms with van der Waals surface area (Å²) >= 11 is 10.7. The number of hydrogen-bond donors (Lipinski definition) is 1. The highest BCUT2D eigenvalue weighted by atomic mass is 127. The molecule has 0 bridgehead atoms. The Balaban J connectivity index is 3.46. The first-order chi connectivity index (χ1) is 5.04. The zero-order valence-electron chi connectivity index (χ0n) is 5.17. The zero-order valence-corrected chi connectivity index (χ0v) is 9.67. The molecule has 0 radical (unpaired) electrons. The van der Waals surface area contributed by atoms with E-state index in [1.807, 2.05) is 22.6 Å². The highest BCUT2D eigenvalue weighted by Crippen LogP contribution is 2.33. The molecule has 0 aliphatic carbocycles. The normalized spacial score (nSPS) is 10.2. The van der Waals surface area contributed by atoms with Crippen molar-refractivity contribution in [3.63, 3.8) is 0 Å². The van der Waals surface area contributed by atoms with Crippen molar-refractivity contribution >= 4 is 55.8 Å². The number of rotatable bonds is 0. The van der Waals surface area contributed by atoms with Crippen LogP contribution < -0.4 is 5.73 Å². The van der Waals surface area contributed by atoms with Crippen molar-refractivity contribution in [2.24, 2.45) is 0 Å². The van der Waals surface area contributed by atoms with E-state index in [0.29, 0.717) is 13.1 Å². The van der Waals surface area contributed by atoms with Crippen molar-refractivity contribution in [1.82, 2.24) is 0 Å². The van der Waals surface area contributed by atoms with Gasteiger partial charge in [0.25, 0.3) is 0 Å². The summed E-state index contributed by atoms with van der Waals surface area (Å²) in [6, 6.07) is 1.18. The Kier molecular flexibility index (Phi) is 2.99. The van der Waals surface area contributed by atoms with Crippen molar-refractivity contribution in [2.75, 3.05) is 5.73 Å². The van der Waals surface area contributed by atoms with E-state index >= 15 is 0 Å². The van der Waals surface area contributed by atoms with Crippen molar-refractivity contribution in [3.8, 4) is 0 Å². The average Bonchev–Trinajstić information content (AvgIpc) is 1.97. The molecule has 0 atom stereocenters. The fraction of sp³-hybridized carbons (Fsp3) is 0. The van der Waals surface area contributed by atoms with Gasteiger partial charge >= 0.3 is 0 Å². The SMILES string of the molecule is Nc1c(F)cc(Cl)c(Br)c1I. The number of nitrogen functional groups attached to an aromatic ring is 1. The molecule has 0 aromatic heterocycles. The first-order valence-corrected chi connectivity index (χ1v) is 4.87. The number of hydrogen-bond acceptors (Lipinski definition) is 1. The number of benzene rings is 1. The molecule has 1 aromatic carbocycles. The zero-order chi connectivity index (χ0) is 8.59. The quantitative estimate of drug-likeness (QED) is 0.330. The van der Waals surface area contributed by atoms with Gasteiger partial charge in [-0.1, -0.05) is 11.6 Å². The highest BCUT2D eigenvalue weighted by Gasteiger charge is 2.10. The molecule has 0 heterocycles. The fourth-order valence-electron chi connectivity index (χ4n) is 0.580. The summed E-state index contributed by atoms with van der Waals surface area (Å²) in [5.74, 6) is -0.484. The Labute approximate surface area is 90.4 Å². The Morgan fingerprint density at radius 2 is 2.18 bits per heavy atom. The number of nitrogens with two attached hydrogens (primary N) is 1. The third-order valence-electron chi connectivity index (χ3n) is 1.15. The van der Waals surface area contributed by atoms with Crippen LogP contribution in [0.15, 0.2) is 10.5 Å². The molecule has 2 N–H and O–H groups in total. The van der Waals surface area contributed by atoms with Crippen LogP contribution in [0.25, 0.3) is 0 Å². The monoisotopic (exact) mass is 349 g/mol. The third kappa shape index (κ3) is 1.78. The minimum atomic E-state index is -0.484. The fourth-order valence-corrected chi connectivity index (χ4v) is 1.81. The molecule has 1 aromatic rings. The Bertz CT molecular complexity index is 279. The Hall–Kier alpha value is 0.450. The maximum Gasteiger partial charge on any atom is 0.148 e. The van der Waals surface area contributed by atoms with Crippen LogP contribution >= 0.6 is 50.1 Å². The van der Waals surface area contributed by atoms with Crippen molar-refractivity contribution in [1.29, 1.82) is 0 Å². The van der Waals surface area contributed by atoms with Gasteiger partial charge in [0.1, 0.15) is 5.82 Å². The number of halogens is 4. The van der Waals surface area contributed by atoms with Gasteiger partial charge in [0.15, 0.2) is 0 Å². The minimum absolute atomic E-state index is 0.127. The van der Waals surface area contributed by atoms with Gasteiger partial charge in [-0.25, -0.2) is 4.39 Å². The lowest BCUT2D eigenvalue weighted by atomic mass is 10.3. The van der Waals surface area contributed by atoms with Crippen LogP contribution in [0.3, 0.4) is 0 Å². The predicted octanol–water partition coefficient (Wildman–Crippen LogP) is 3.43. The molecule has 0 aliphatic rings. The van der Waals surface area contributed by atoms with Crippen molar-refractivity contribution in [3.05, 3.63) is 24.9 Å². The van der Waals surface area contributed by atoms with Crippen molar-refractivity contribution < 1.29 is 4.39 Å². The second-order valence-corrected chi connectivity index (χ2v) is 4.16. The molecule has 0 aliphatic heterocycles. The maximum absolute atomic E-state index is 12.8. The summed E-state index contributed by atoms with van der Waals surface area (Å²) in [4.78, 5) is 0. The van der Waals surface area contributed by atoms with Crippen LogP contribution in [0.2, 0.25) is 5.02 Å². The minimum Gasteiger partial charge on any atom is -0.395 e. The standard InChI is InChI=1S/C6H3BrClFIN/c7-4-2(8)1-3(9)6(11)5(4)10/h1H,11H2. The Morgan fingerprint density at radius 3 is 2.73 bits per heavy atom. The van der Waals surface area contributed by atoms with Gasteiger partial charge in [0.05, 0.1) is 18.8 Å². The lowest BCUT2D eigenvalue weighted by Crippen LogP contribution is -1.95. The molecule has 60 valence electrons. The molecule has 1 nitrogen and oxygen atoms in total. The maximum atomic E-state index is 12.8. The topological polar surface area (TPSA) is 26.0 Å². The highest BCUT2D eigenvalue weighted by molar-refractivity contribution is 14.1. The molecule has 0 saturated carbocycles. The summed E-state index contributed by atoms with van der Waals surface area (Å²) < 4.78 is 14.0. The lowest BCUT2D eigenvalue weighted by Gasteiger charge is -2.03. The summed E-state index contributed by atoms with van der Waals surface area (Å²) in [6.07, 6.45) is 0. The van der Waals surface area contributed by atoms with Crippen LogP contribution in [-0.2, 0) is 0 Å². The smallest absolute Gasteiger partial charge is 0.148 e. The van der Waals surface area contributed by atoms with Gasteiger partial charge in [-0.3, -0.25) is 0 Å². The molecule has 0 amide bonds. The lowest BCUT2D eigenvalue weighted by molar-refractivity contribution is 0.631. The molecule has 11 heavy (non-hydrogen) atoms. The molecule has 0 fully saturated rings. The second kappa shape index (κ2) is 3.45. The van der Waals surface area contributed by atoms with E-state index in [1.54, 1.807) is 0 Å². The van der Waals surface area contributed by atoms with Crippen LogP contribution in [0, 0.1) is 9.39 Å². The van der Waals surface area contributed by atoms with Crippen LogP contribution in [0.5, 0.6) is 0 Å². The summed E-state index contributed by atoms with van der Waals surface area (Å²) in [5.41, 5.74) is 5.51. The first kappa shape index (κ1) is 9.54. The molecule has 0 unspecified atom stereocenters. The van der Waals surface area contributed by atoms with Crippen molar-refractivity contribution in [2.45, 2.75) is 0 Å². The second-order valence-electron chi connectivity index (χ2n) is 1.88. The van der Waals surface area contributed by atoms with Gasteiger partial charge in [-0.2, -0.15) is 0 Å². The third-order valence-corrected chi connectivity index (χ3v) is 4.36. The summed E-state index contributed by atoms with van der Waals surface area (Å²) in [6.45, 7) is 0. The van der Waals surface area contributed by atoms with E-state index in [2.05, 4.69) is 15.9 Å². The molecule has 1 rings (SSSR count). The van der Waals surface area contributed by atoms with Crippen LogP contribution in [0.4, 0.5) is 10.1 Å². The van der Waals surface area contributed by atoms with Gasteiger partial charge in [0.2, 0.25) is 0 Å². The summed E-state index contributed by atoms with van der Waals surface area (Å²) in [5, 5.41) is 0.334. The van der Waals surface area contributed by atoms with Gasteiger partial charge in [-0.05, 0) is 44.6 Å². The molecule has 0 saturated heterocycles. The van der Waals surface area contributed by atoms with E-state index in [-0.39, 0.29) is 5.69 Å². The average molecular weight is 350 g/mol. The van der Waals surface area contributed by atoms with Gasteiger partial charge in [-0.15, -0.1) is 0 Å². The largest absolute Gasteiger partial charge is 0.395 e. The van der Waals surface area contributed by atoms with Crippen LogP contribution in [-0.4, -0.2) is 0 Å². The predicted molar refractivity (Wildman–Crippen MR) is 56.2 cm³/mol. The van der Waals surface area contributed by atoms with Gasteiger partial charge in [0, 0.05) is 0 Å². The van der Waals surface area contributed by atoms with Gasteiger partial charge < -0.3 is 5.73 Å². The van der Waals surface area contributed by atoms with E-state index in [1.165, 1.54) is 6.07 Å². The van der Waals surface area contributed by atoms with E-state index in [4.69, 9.17) is 17.3 Å². The van der Waals surface area contributed by atoms with Crippen LogP contribution in [0.1, 0.15) is 0 Å².